The van der Waals surface area contributed by atoms with Gasteiger partial charge in [0.15, 0.2) is 23.1 Å². The molecule has 1 aliphatic heterocycles. The molecule has 3 heterocycles. The van der Waals surface area contributed by atoms with Gasteiger partial charge in [0.1, 0.15) is 6.33 Å². The Morgan fingerprint density at radius 3 is 2.79 bits per heavy atom. The molecule has 0 unspecified atom stereocenters. The van der Waals surface area contributed by atoms with Gasteiger partial charge in [0.05, 0.1) is 27.3 Å². The van der Waals surface area contributed by atoms with E-state index in [9.17, 15) is 0 Å². The van der Waals surface area contributed by atoms with Crippen LogP contribution in [-0.4, -0.2) is 53.0 Å². The summed E-state index contributed by atoms with van der Waals surface area (Å²) >= 11 is 0. The summed E-state index contributed by atoms with van der Waals surface area (Å²) in [4.78, 5) is 11.8. The highest BCUT2D eigenvalue weighted by Gasteiger charge is 2.17. The van der Waals surface area contributed by atoms with Gasteiger partial charge in [0.25, 0.3) is 0 Å². The topological polar surface area (TPSA) is 72.5 Å². The second-order valence-corrected chi connectivity index (χ2v) is 7.33. The molecule has 4 aromatic rings. The average Bonchev–Trinajstić information content (AvgIpc) is 3.34. The van der Waals surface area contributed by atoms with Crippen LogP contribution >= 0.6 is 0 Å². The van der Waals surface area contributed by atoms with Crippen molar-refractivity contribution in [1.29, 1.82) is 0 Å². The Morgan fingerprint density at radius 1 is 1.12 bits per heavy atom. The molecule has 2 aromatic heterocycles. The molecule has 0 amide bonds. The van der Waals surface area contributed by atoms with Crippen molar-refractivity contribution in [3.63, 3.8) is 0 Å². The zero-order chi connectivity index (χ0) is 30.0. The third kappa shape index (κ3) is 4.43. The Morgan fingerprint density at radius 2 is 1.97 bits per heavy atom. The first kappa shape index (κ1) is 14.0. The molecule has 0 spiro atoms. The molecule has 1 aliphatic rings. The number of likely N-dealkylation sites (tertiary alicyclic amines) is 1. The molecule has 33 heavy (non-hydrogen) atoms. The Labute approximate surface area is 202 Å². The van der Waals surface area contributed by atoms with Crippen LogP contribution in [0.4, 0.5) is 4.39 Å². The summed E-state index contributed by atoms with van der Waals surface area (Å²) in [5.74, 6) is -0.780. The van der Waals surface area contributed by atoms with E-state index >= 15 is 4.39 Å². The van der Waals surface area contributed by atoms with Crippen molar-refractivity contribution in [2.45, 2.75) is 26.2 Å². The summed E-state index contributed by atoms with van der Waals surface area (Å²) in [6, 6.07) is 7.55. The Kier molecular flexibility index (Phi) is 3.92. The fourth-order valence-electron chi connectivity index (χ4n) is 3.56. The van der Waals surface area contributed by atoms with E-state index < -0.39 is 38.3 Å². The molecule has 0 radical (unpaired) electrons. The molecule has 0 bridgehead atoms. The smallest absolute Gasteiger partial charge is 0.230 e. The lowest BCUT2D eigenvalue weighted by Gasteiger charge is -2.16. The molecule has 7 nitrogen and oxygen atoms in total. The zero-order valence-electron chi connectivity index (χ0n) is 26.0. The fourth-order valence-corrected chi connectivity index (χ4v) is 3.56. The van der Waals surface area contributed by atoms with Gasteiger partial charge in [-0.3, -0.25) is 0 Å². The fraction of sp³-hybridized carbons (Fsp3) is 0.360. The van der Waals surface area contributed by atoms with E-state index in [0.717, 1.165) is 5.69 Å². The average molecular weight is 459 g/mol. The molecule has 172 valence electrons. The first-order valence-corrected chi connectivity index (χ1v) is 10.3. The number of nitrogens with one attached hydrogen (secondary N) is 1. The summed E-state index contributed by atoms with van der Waals surface area (Å²) in [5.41, 5.74) is 1.63. The highest BCUT2D eigenvalue weighted by Crippen LogP contribution is 2.37. The van der Waals surface area contributed by atoms with E-state index in [-0.39, 0.29) is 41.5 Å². The molecule has 1 saturated heterocycles. The predicted molar refractivity (Wildman–Crippen MR) is 125 cm³/mol. The van der Waals surface area contributed by atoms with E-state index in [2.05, 4.69) is 15.0 Å². The second kappa shape index (κ2) is 9.23. The predicted octanol–water partition coefficient (Wildman–Crippen LogP) is 5.22. The molecule has 1 fully saturated rings. The van der Waals surface area contributed by atoms with Crippen molar-refractivity contribution in [2.75, 3.05) is 33.2 Å². The van der Waals surface area contributed by atoms with Crippen LogP contribution in [-0.2, 0) is 0 Å². The summed E-state index contributed by atoms with van der Waals surface area (Å²) in [5, 5.41) is 0.652. The number of hydrogen-bond acceptors (Lipinski definition) is 6. The lowest BCUT2D eigenvalue weighted by Crippen LogP contribution is -2.21. The monoisotopic (exact) mass is 458 g/mol. The van der Waals surface area contributed by atoms with E-state index in [1.165, 1.54) is 31.6 Å². The largest absolute Gasteiger partial charge is 0.493 e. The summed E-state index contributed by atoms with van der Waals surface area (Å²) in [6.07, 6.45) is -0.322. The van der Waals surface area contributed by atoms with Crippen LogP contribution in [0.5, 0.6) is 23.1 Å². The van der Waals surface area contributed by atoms with Gasteiger partial charge in [-0.2, -0.15) is 0 Å². The van der Waals surface area contributed by atoms with Crippen molar-refractivity contribution < 1.29 is 29.6 Å². The van der Waals surface area contributed by atoms with Gasteiger partial charge < -0.3 is 24.1 Å². The van der Waals surface area contributed by atoms with Crippen molar-refractivity contribution in [1.82, 2.24) is 19.9 Å². The van der Waals surface area contributed by atoms with Crippen LogP contribution in [0.25, 0.3) is 21.8 Å². The molecule has 8 heteroatoms. The standard InChI is InChI=1S/C25H27FN4O3/c1-16-12-17-19(29-16)6-7-21(24(17)26)33-25-18-13-22(31-2)23(14-20(18)27-15-28-25)32-11-5-10-30-8-3-4-9-30/h6-7,12-15,29H,3-5,8-11H2,1-2H3/i8D2,9D2,10D2,11D2. The second-order valence-electron chi connectivity index (χ2n) is 7.33. The highest BCUT2D eigenvalue weighted by molar-refractivity contribution is 5.87. The maximum Gasteiger partial charge on any atom is 0.230 e. The number of hydrogen-bond donors (Lipinski definition) is 1. The maximum atomic E-state index is 15.2. The molecule has 0 atom stereocenters. The zero-order valence-corrected chi connectivity index (χ0v) is 18.0. The number of methoxy groups -OCH3 is 1. The number of ether oxygens (including phenoxy) is 3. The Hall–Kier alpha value is -3.39. The van der Waals surface area contributed by atoms with E-state index in [0.29, 0.717) is 21.2 Å². The number of benzene rings is 2. The van der Waals surface area contributed by atoms with Gasteiger partial charge >= 0.3 is 0 Å². The number of aryl methyl sites for hydroxylation is 1. The number of aromatic nitrogens is 3. The van der Waals surface area contributed by atoms with Gasteiger partial charge in [-0.05, 0) is 63.4 Å². The van der Waals surface area contributed by atoms with Gasteiger partial charge in [-0.1, -0.05) is 0 Å². The van der Waals surface area contributed by atoms with Crippen LogP contribution in [0, 0.1) is 12.7 Å². The number of H-pyrrole nitrogens is 1. The van der Waals surface area contributed by atoms with Crippen LogP contribution < -0.4 is 14.2 Å². The molecule has 0 aliphatic carbocycles. The molecule has 5 rings (SSSR count). The van der Waals surface area contributed by atoms with Gasteiger partial charge in [-0.25, -0.2) is 14.4 Å². The minimum Gasteiger partial charge on any atom is -0.493 e. The van der Waals surface area contributed by atoms with Crippen LogP contribution in [0.1, 0.15) is 35.9 Å². The SMILES string of the molecule is [2H]C([2H])(CC([2H])([2H])N1C([2H])([2H])CCC1([2H])[2H])Oc1cc2ncnc(Oc3ccc4[nH]c(C)cc4c3F)c2cc1OC. The number of fused-ring (bicyclic) bond motifs is 2. The van der Waals surface area contributed by atoms with Gasteiger partial charge in [0.2, 0.25) is 5.88 Å². The van der Waals surface area contributed by atoms with Crippen molar-refractivity contribution >= 4 is 21.8 Å². The quantitative estimate of drug-likeness (QED) is 0.390. The lowest BCUT2D eigenvalue weighted by atomic mass is 10.2. The van der Waals surface area contributed by atoms with E-state index in [4.69, 9.17) is 25.2 Å². The lowest BCUT2D eigenvalue weighted by molar-refractivity contribution is 0.254. The summed E-state index contributed by atoms with van der Waals surface area (Å²) in [6.45, 7) is -8.30. The molecular formula is C25H27FN4O3. The van der Waals surface area contributed by atoms with Gasteiger partial charge in [0, 0.05) is 37.4 Å². The number of rotatable bonds is 8. The van der Waals surface area contributed by atoms with Crippen molar-refractivity contribution in [3.8, 4) is 23.1 Å². The van der Waals surface area contributed by atoms with Crippen molar-refractivity contribution in [3.05, 3.63) is 48.2 Å². The number of nitrogens with zero attached hydrogens (tertiary/aromatic N) is 3. The Bertz CT molecular complexity index is 1620. The Balaban J connectivity index is 1.45. The summed E-state index contributed by atoms with van der Waals surface area (Å²) in [7, 11) is 1.31. The molecular weight excluding hydrogens is 423 g/mol. The minimum atomic E-state index is -2.75. The third-order valence-corrected chi connectivity index (χ3v) is 5.08. The number of halogens is 1. The van der Waals surface area contributed by atoms with E-state index in [1.807, 2.05) is 6.92 Å². The van der Waals surface area contributed by atoms with Crippen LogP contribution in [0.3, 0.4) is 0 Å². The highest BCUT2D eigenvalue weighted by atomic mass is 19.1. The molecule has 2 aromatic carbocycles. The first-order valence-electron chi connectivity index (χ1n) is 14.3. The van der Waals surface area contributed by atoms with Crippen LogP contribution in [0.2, 0.25) is 0 Å². The minimum absolute atomic E-state index is 0.00296. The van der Waals surface area contributed by atoms with Crippen LogP contribution in [0.15, 0.2) is 36.7 Å². The van der Waals surface area contributed by atoms with Gasteiger partial charge in [-0.15, -0.1) is 0 Å². The van der Waals surface area contributed by atoms with Crippen molar-refractivity contribution in [2.24, 2.45) is 0 Å². The summed E-state index contributed by atoms with van der Waals surface area (Å²) < 4.78 is 97.7. The normalized spacial score (nSPS) is 21.8. The maximum absolute atomic E-state index is 15.2. The number of aromatic amines is 1. The first-order chi connectivity index (χ1) is 19.0. The third-order valence-electron chi connectivity index (χ3n) is 5.08. The molecule has 1 N–H and O–H groups in total. The van der Waals surface area contributed by atoms with E-state index in [1.54, 1.807) is 12.1 Å². The molecule has 0 saturated carbocycles.